The van der Waals surface area contributed by atoms with Crippen LogP contribution in [0, 0.1) is 0 Å². The number of rotatable bonds is 9. The molecule has 0 aliphatic rings. The van der Waals surface area contributed by atoms with E-state index in [9.17, 15) is 4.79 Å². The average molecular weight is 232 g/mol. The van der Waals surface area contributed by atoms with Crippen LogP contribution in [0.4, 0.5) is 0 Å². The van der Waals surface area contributed by atoms with Crippen molar-refractivity contribution in [1.29, 1.82) is 0 Å². The van der Waals surface area contributed by atoms with E-state index < -0.39 is 0 Å². The highest BCUT2D eigenvalue weighted by Gasteiger charge is 1.99. The summed E-state index contributed by atoms with van der Waals surface area (Å²) in [4.78, 5) is 11.7. The first kappa shape index (κ1) is 14.3. The number of hydrogen-bond acceptors (Lipinski definition) is 3. The predicted octanol–water partition coefficient (Wildman–Crippen LogP) is 0.986. The Morgan fingerprint density at radius 1 is 1.40 bits per heavy atom. The van der Waals surface area contributed by atoms with Gasteiger partial charge in [0.2, 0.25) is 5.91 Å². The lowest BCUT2D eigenvalue weighted by molar-refractivity contribution is -0.122. The molecule has 0 spiro atoms. The first-order valence-electron chi connectivity index (χ1n) is 5.29. The number of unbranched alkanes of at least 4 members (excludes halogenated alkanes) is 1. The van der Waals surface area contributed by atoms with E-state index in [4.69, 9.17) is 22.7 Å². The van der Waals surface area contributed by atoms with Crippen molar-refractivity contribution in [2.24, 2.45) is 5.73 Å². The summed E-state index contributed by atoms with van der Waals surface area (Å²) in [6, 6.07) is 0. The minimum absolute atomic E-state index is 0.0405. The van der Waals surface area contributed by atoms with Crippen molar-refractivity contribution >= 4 is 23.1 Å². The summed E-state index contributed by atoms with van der Waals surface area (Å²) < 4.78 is 5.07. The molecule has 0 rings (SSSR count). The molecule has 0 atom stereocenters. The molecule has 1 amide bonds. The number of nitrogens with two attached hydrogens (primary N) is 1. The number of thiocarbonyl (C=S) groups is 1. The lowest BCUT2D eigenvalue weighted by Gasteiger charge is -2.04. The lowest BCUT2D eigenvalue weighted by atomic mass is 10.2. The van der Waals surface area contributed by atoms with Crippen molar-refractivity contribution in [3.8, 4) is 0 Å². The van der Waals surface area contributed by atoms with E-state index in [2.05, 4.69) is 5.32 Å². The third kappa shape index (κ3) is 11.2. The Labute approximate surface area is 96.5 Å². The van der Waals surface area contributed by atoms with Gasteiger partial charge >= 0.3 is 0 Å². The van der Waals surface area contributed by atoms with E-state index in [0.717, 1.165) is 19.3 Å². The van der Waals surface area contributed by atoms with Crippen LogP contribution in [0.2, 0.25) is 0 Å². The normalized spacial score (nSPS) is 9.93. The largest absolute Gasteiger partial charge is 0.393 e. The van der Waals surface area contributed by atoms with Crippen LogP contribution in [0.1, 0.15) is 32.6 Å². The number of hydrogen-bond donors (Lipinski definition) is 2. The quantitative estimate of drug-likeness (QED) is 0.459. The molecule has 0 radical (unpaired) electrons. The summed E-state index contributed by atoms with van der Waals surface area (Å²) in [5.74, 6) is 0.0405. The zero-order chi connectivity index (χ0) is 11.5. The second-order valence-electron chi connectivity index (χ2n) is 3.22. The Hall–Kier alpha value is -0.680. The molecule has 15 heavy (non-hydrogen) atoms. The minimum atomic E-state index is 0.0405. The van der Waals surface area contributed by atoms with Crippen molar-refractivity contribution in [2.75, 3.05) is 19.8 Å². The highest BCUT2D eigenvalue weighted by atomic mass is 32.1. The predicted molar refractivity (Wildman–Crippen MR) is 64.8 cm³/mol. The number of amides is 1. The Bertz CT molecular complexity index is 198. The highest BCUT2D eigenvalue weighted by Crippen LogP contribution is 1.94. The van der Waals surface area contributed by atoms with Gasteiger partial charge in [-0.25, -0.2) is 0 Å². The summed E-state index contributed by atoms with van der Waals surface area (Å²) in [5.41, 5.74) is 5.34. The highest BCUT2D eigenvalue weighted by molar-refractivity contribution is 7.80. The summed E-state index contributed by atoms with van der Waals surface area (Å²) in [7, 11) is 0. The zero-order valence-corrected chi connectivity index (χ0v) is 10.1. The summed E-state index contributed by atoms with van der Waals surface area (Å²) in [6.45, 7) is 3.75. The van der Waals surface area contributed by atoms with Gasteiger partial charge in [-0.1, -0.05) is 12.2 Å². The van der Waals surface area contributed by atoms with E-state index in [0.29, 0.717) is 31.2 Å². The van der Waals surface area contributed by atoms with Gasteiger partial charge in [0.15, 0.2) is 0 Å². The van der Waals surface area contributed by atoms with Crippen LogP contribution in [0.15, 0.2) is 0 Å². The van der Waals surface area contributed by atoms with Crippen LogP contribution < -0.4 is 11.1 Å². The monoisotopic (exact) mass is 232 g/mol. The Kier molecular flexibility index (Phi) is 9.41. The van der Waals surface area contributed by atoms with Crippen molar-refractivity contribution < 1.29 is 9.53 Å². The molecule has 0 saturated carbocycles. The topological polar surface area (TPSA) is 64.3 Å². The van der Waals surface area contributed by atoms with E-state index in [1.54, 1.807) is 0 Å². The lowest BCUT2D eigenvalue weighted by Crippen LogP contribution is -2.25. The smallest absolute Gasteiger partial charge is 0.222 e. The van der Waals surface area contributed by atoms with Gasteiger partial charge in [-0.3, -0.25) is 4.79 Å². The van der Waals surface area contributed by atoms with Crippen LogP contribution in [0.25, 0.3) is 0 Å². The fraction of sp³-hybridized carbons (Fsp3) is 0.800. The molecular weight excluding hydrogens is 212 g/mol. The second-order valence-corrected chi connectivity index (χ2v) is 3.74. The van der Waals surface area contributed by atoms with E-state index >= 15 is 0 Å². The van der Waals surface area contributed by atoms with Gasteiger partial charge in [0.05, 0.1) is 11.6 Å². The van der Waals surface area contributed by atoms with Crippen LogP contribution in [0.5, 0.6) is 0 Å². The van der Waals surface area contributed by atoms with Gasteiger partial charge < -0.3 is 15.8 Å². The van der Waals surface area contributed by atoms with Crippen LogP contribution in [-0.4, -0.2) is 30.7 Å². The molecule has 0 aromatic carbocycles. The summed E-state index contributed by atoms with van der Waals surface area (Å²) >= 11 is 4.74. The minimum Gasteiger partial charge on any atom is -0.393 e. The molecule has 88 valence electrons. The van der Waals surface area contributed by atoms with E-state index in [-0.39, 0.29) is 5.91 Å². The molecule has 4 nitrogen and oxygen atoms in total. The molecule has 0 unspecified atom stereocenters. The van der Waals surface area contributed by atoms with Gasteiger partial charge in [-0.15, -0.1) is 0 Å². The molecule has 0 aromatic heterocycles. The molecule has 0 fully saturated rings. The van der Waals surface area contributed by atoms with Crippen molar-refractivity contribution in [2.45, 2.75) is 32.6 Å². The van der Waals surface area contributed by atoms with Crippen LogP contribution in [0.3, 0.4) is 0 Å². The number of nitrogens with one attached hydrogen (secondary N) is 1. The van der Waals surface area contributed by atoms with Gasteiger partial charge in [0.1, 0.15) is 0 Å². The van der Waals surface area contributed by atoms with Crippen LogP contribution >= 0.6 is 12.2 Å². The van der Waals surface area contributed by atoms with Crippen LogP contribution in [-0.2, 0) is 9.53 Å². The van der Waals surface area contributed by atoms with E-state index in [1.165, 1.54) is 0 Å². The molecular formula is C10H20N2O2S. The van der Waals surface area contributed by atoms with Gasteiger partial charge in [-0.2, -0.15) is 0 Å². The second kappa shape index (κ2) is 9.86. The maximum absolute atomic E-state index is 11.2. The number of ether oxygens (including phenoxy) is 1. The maximum atomic E-state index is 11.2. The fourth-order valence-corrected chi connectivity index (χ4v) is 1.19. The third-order valence-electron chi connectivity index (χ3n) is 1.85. The summed E-state index contributed by atoms with van der Waals surface area (Å²) in [5, 5.41) is 2.81. The molecule has 0 bridgehead atoms. The fourth-order valence-electron chi connectivity index (χ4n) is 1.05. The Morgan fingerprint density at radius 2 is 2.13 bits per heavy atom. The Balaban J connectivity index is 3.20. The molecule has 0 aliphatic carbocycles. The van der Waals surface area contributed by atoms with Gasteiger partial charge in [0, 0.05) is 19.6 Å². The van der Waals surface area contributed by atoms with E-state index in [1.807, 2.05) is 6.92 Å². The first-order chi connectivity index (χ1) is 7.16. The molecule has 0 aliphatic heterocycles. The maximum Gasteiger partial charge on any atom is 0.222 e. The van der Waals surface area contributed by atoms with Crippen molar-refractivity contribution in [1.82, 2.24) is 5.32 Å². The van der Waals surface area contributed by atoms with Crippen molar-refractivity contribution in [3.05, 3.63) is 0 Å². The third-order valence-corrected chi connectivity index (χ3v) is 2.05. The Morgan fingerprint density at radius 3 is 2.73 bits per heavy atom. The SMILES string of the molecule is CCOCCC(=O)NCCCCC(N)=S. The molecule has 0 aromatic rings. The molecule has 3 N–H and O–H groups in total. The van der Waals surface area contributed by atoms with Crippen molar-refractivity contribution in [3.63, 3.8) is 0 Å². The molecule has 0 heterocycles. The summed E-state index contributed by atoms with van der Waals surface area (Å²) in [6.07, 6.45) is 3.03. The van der Waals surface area contributed by atoms with Gasteiger partial charge in [-0.05, 0) is 26.2 Å². The first-order valence-corrected chi connectivity index (χ1v) is 5.70. The molecule has 5 heteroatoms. The number of carbonyl (C=O) groups excluding carboxylic acids is 1. The molecule has 0 saturated heterocycles. The average Bonchev–Trinajstić information content (AvgIpc) is 2.17. The number of carbonyl (C=O) groups is 1. The zero-order valence-electron chi connectivity index (χ0n) is 9.25. The van der Waals surface area contributed by atoms with Gasteiger partial charge in [0.25, 0.3) is 0 Å². The standard InChI is InChI=1S/C10H20N2O2S/c1-2-14-8-6-10(13)12-7-4-3-5-9(11)15/h2-8H2,1H3,(H2,11,15)(H,12,13).